The Bertz CT molecular complexity index is 2210. The largest absolute Gasteiger partial charge is 0.471 e. The third-order valence-corrected chi connectivity index (χ3v) is 14.3. The maximum atomic E-state index is 14.5. The molecule has 0 unspecified atom stereocenters. The van der Waals surface area contributed by atoms with Crippen LogP contribution in [0.5, 0.6) is 0 Å². The van der Waals surface area contributed by atoms with Crippen LogP contribution in [0.4, 0.5) is 32.6 Å². The number of alkyl carbamates (subject to hydrolysis) is 1. The van der Waals surface area contributed by atoms with Gasteiger partial charge in [0, 0.05) is 42.7 Å². The van der Waals surface area contributed by atoms with E-state index in [1.807, 2.05) is 13.8 Å². The fraction of sp³-hybridized carbons (Fsp3) is 0.463. The van der Waals surface area contributed by atoms with E-state index in [1.165, 1.54) is 24.7 Å². The van der Waals surface area contributed by atoms with Gasteiger partial charge in [0.2, 0.25) is 0 Å². The lowest BCUT2D eigenvalue weighted by Gasteiger charge is -2.40. The monoisotopic (exact) mass is 833 g/mol. The van der Waals surface area contributed by atoms with E-state index in [0.29, 0.717) is 22.1 Å². The molecule has 2 amide bonds. The van der Waals surface area contributed by atoms with E-state index in [1.54, 1.807) is 39.0 Å². The molecule has 2 heterocycles. The summed E-state index contributed by atoms with van der Waals surface area (Å²) in [7, 11) is -0.787. The van der Waals surface area contributed by atoms with Crippen molar-refractivity contribution in [2.75, 3.05) is 11.4 Å². The lowest BCUT2D eigenvalue weighted by atomic mass is 9.95. The predicted octanol–water partition coefficient (Wildman–Crippen LogP) is 10.4. The van der Waals surface area contributed by atoms with Gasteiger partial charge in [-0.2, -0.15) is 18.3 Å². The minimum absolute atomic E-state index is 0.0128. The number of halogens is 6. The Kier molecular flexibility index (Phi) is 13.0. The zero-order valence-corrected chi connectivity index (χ0v) is 36.0. The van der Waals surface area contributed by atoms with E-state index >= 15 is 0 Å². The average molecular weight is 834 g/mol. The number of ether oxygens (including phenoxy) is 1. The maximum absolute atomic E-state index is 14.5. The highest BCUT2D eigenvalue weighted by molar-refractivity contribution is 6.74. The van der Waals surface area contributed by atoms with Crippen LogP contribution in [-0.2, 0) is 27.4 Å². The van der Waals surface area contributed by atoms with Gasteiger partial charge in [0.05, 0.1) is 21.6 Å². The molecule has 0 radical (unpaired) electrons. The Morgan fingerprint density at radius 1 is 0.965 bits per heavy atom. The second-order valence-corrected chi connectivity index (χ2v) is 21.9. The number of pyridine rings is 1. The smallest absolute Gasteiger partial charge is 0.439 e. The minimum Gasteiger partial charge on any atom is -0.439 e. The number of carbonyl (C=O) groups is 2. The minimum atomic E-state index is -5.20. The standard InChI is InChI=1S/C41H49ClF5N5O4Si/c1-13-52(36(53)41(45,46)47)35-32-30(42)17-16-29(34(32)51(10)50-35)28-15-14-27(18-19-40(8,9)56-57(11,12)39(5,6)7)48-33(28)31(55-37(54)49-38(2,3)4)22-24-20-25(43)23-26(44)21-24/h14-17,20-21,23,31H,13,22H2,1-12H3,(H,49,54)/t31-/m0/s1. The van der Waals surface area contributed by atoms with Crippen molar-refractivity contribution in [3.05, 3.63) is 76.1 Å². The van der Waals surface area contributed by atoms with Crippen LogP contribution < -0.4 is 10.2 Å². The van der Waals surface area contributed by atoms with E-state index < -0.39 is 55.4 Å². The molecule has 0 fully saturated rings. The van der Waals surface area contributed by atoms with Crippen LogP contribution in [0.1, 0.15) is 85.4 Å². The molecule has 2 aromatic heterocycles. The molecule has 0 bridgehead atoms. The van der Waals surface area contributed by atoms with E-state index in [-0.39, 0.29) is 56.7 Å². The van der Waals surface area contributed by atoms with Crippen LogP contribution in [0.3, 0.4) is 0 Å². The highest BCUT2D eigenvalue weighted by atomic mass is 35.5. The number of nitrogens with zero attached hydrogens (tertiary/aromatic N) is 4. The molecule has 4 rings (SSSR count). The van der Waals surface area contributed by atoms with E-state index in [9.17, 15) is 31.5 Å². The van der Waals surface area contributed by atoms with Crippen molar-refractivity contribution in [2.24, 2.45) is 7.05 Å². The molecule has 308 valence electrons. The van der Waals surface area contributed by atoms with Crippen molar-refractivity contribution in [1.82, 2.24) is 20.1 Å². The second kappa shape index (κ2) is 16.4. The first-order valence-electron chi connectivity index (χ1n) is 18.3. The van der Waals surface area contributed by atoms with Gasteiger partial charge in [-0.05, 0) is 101 Å². The average Bonchev–Trinajstić information content (AvgIpc) is 3.38. The van der Waals surface area contributed by atoms with Gasteiger partial charge < -0.3 is 14.5 Å². The number of hydrogen-bond acceptors (Lipinski definition) is 6. The SMILES string of the molecule is CCN(C(=O)C(F)(F)F)c1nn(C)c2c(-c3ccc(C#CC(C)(C)O[Si](C)(C)C(C)(C)C)nc3[C@H](Cc3cc(F)cc(F)c3)OC(=O)NC(C)(C)C)ccc(Cl)c12. The van der Waals surface area contributed by atoms with Crippen molar-refractivity contribution in [3.63, 3.8) is 0 Å². The molecular weight excluding hydrogens is 785 g/mol. The molecule has 0 spiro atoms. The molecule has 57 heavy (non-hydrogen) atoms. The number of amides is 2. The summed E-state index contributed by atoms with van der Waals surface area (Å²) < 4.78 is 84.2. The molecule has 1 atom stereocenters. The maximum Gasteiger partial charge on any atom is 0.471 e. The highest BCUT2D eigenvalue weighted by Crippen LogP contribution is 2.42. The summed E-state index contributed by atoms with van der Waals surface area (Å²) in [5, 5.41) is 7.01. The summed E-state index contributed by atoms with van der Waals surface area (Å²) >= 11 is 6.64. The zero-order valence-electron chi connectivity index (χ0n) is 34.2. The van der Waals surface area contributed by atoms with Gasteiger partial charge in [-0.15, -0.1) is 0 Å². The Labute approximate surface area is 336 Å². The lowest BCUT2D eigenvalue weighted by molar-refractivity contribution is -0.170. The van der Waals surface area contributed by atoms with Gasteiger partial charge in [0.25, 0.3) is 0 Å². The Balaban J connectivity index is 2.04. The predicted molar refractivity (Wildman–Crippen MR) is 214 cm³/mol. The number of carbonyl (C=O) groups excluding carboxylic acids is 2. The summed E-state index contributed by atoms with van der Waals surface area (Å²) in [6.45, 7) is 20.5. The number of anilines is 1. The van der Waals surface area contributed by atoms with Crippen LogP contribution in [0, 0.1) is 23.5 Å². The first kappa shape index (κ1) is 45.2. The molecule has 0 saturated heterocycles. The number of aryl methyl sites for hydroxylation is 1. The molecule has 0 aliphatic carbocycles. The number of nitrogens with one attached hydrogen (secondary N) is 1. The summed E-state index contributed by atoms with van der Waals surface area (Å²) in [6, 6.07) is 9.23. The van der Waals surface area contributed by atoms with E-state index in [4.69, 9.17) is 25.7 Å². The number of rotatable bonds is 9. The van der Waals surface area contributed by atoms with Crippen LogP contribution in [0.15, 0.2) is 42.5 Å². The summed E-state index contributed by atoms with van der Waals surface area (Å²) in [6.07, 6.45) is -7.61. The molecular formula is C41H49ClF5N5O4Si. The van der Waals surface area contributed by atoms with Gasteiger partial charge in [0.15, 0.2) is 20.2 Å². The van der Waals surface area contributed by atoms with Gasteiger partial charge >= 0.3 is 18.2 Å². The van der Waals surface area contributed by atoms with Crippen LogP contribution in [0.2, 0.25) is 23.2 Å². The summed E-state index contributed by atoms with van der Waals surface area (Å²) in [5.41, 5.74) is -0.290. The molecule has 1 N–H and O–H groups in total. The topological polar surface area (TPSA) is 98.6 Å². The number of fused-ring (bicyclic) bond motifs is 1. The summed E-state index contributed by atoms with van der Waals surface area (Å²) in [5.74, 6) is 2.11. The number of alkyl halides is 3. The van der Waals surface area contributed by atoms with Crippen molar-refractivity contribution >= 4 is 48.6 Å². The van der Waals surface area contributed by atoms with Gasteiger partial charge in [-0.25, -0.2) is 18.6 Å². The third-order valence-electron chi connectivity index (χ3n) is 9.38. The van der Waals surface area contributed by atoms with Gasteiger partial charge in [0.1, 0.15) is 22.9 Å². The highest BCUT2D eigenvalue weighted by Gasteiger charge is 2.44. The second-order valence-electron chi connectivity index (χ2n) is 16.8. The van der Waals surface area contributed by atoms with Crippen LogP contribution in [-0.4, -0.2) is 58.9 Å². The Morgan fingerprint density at radius 3 is 2.11 bits per heavy atom. The van der Waals surface area contributed by atoms with Crippen molar-refractivity contribution < 1.29 is 40.7 Å². The molecule has 2 aromatic carbocycles. The third kappa shape index (κ3) is 10.9. The van der Waals surface area contributed by atoms with E-state index in [2.05, 4.69) is 56.1 Å². The van der Waals surface area contributed by atoms with Crippen LogP contribution >= 0.6 is 11.6 Å². The van der Waals surface area contributed by atoms with Gasteiger partial charge in [-0.3, -0.25) is 14.4 Å². The zero-order chi connectivity index (χ0) is 43.1. The molecule has 4 aromatic rings. The number of benzene rings is 2. The Hall–Kier alpha value is -4.52. The quantitative estimate of drug-likeness (QED) is 0.102. The van der Waals surface area contributed by atoms with Crippen molar-refractivity contribution in [1.29, 1.82) is 0 Å². The fourth-order valence-electron chi connectivity index (χ4n) is 5.96. The van der Waals surface area contributed by atoms with Gasteiger partial charge in [-0.1, -0.05) is 44.4 Å². The lowest BCUT2D eigenvalue weighted by Crippen LogP contribution is -2.47. The number of aromatic nitrogens is 3. The first-order chi connectivity index (χ1) is 26.0. The molecule has 0 aliphatic heterocycles. The van der Waals surface area contributed by atoms with Crippen molar-refractivity contribution in [3.8, 4) is 23.0 Å². The molecule has 0 saturated carbocycles. The summed E-state index contributed by atoms with van der Waals surface area (Å²) in [4.78, 5) is 31.3. The van der Waals surface area contributed by atoms with Crippen molar-refractivity contribution in [2.45, 2.75) is 110 Å². The molecule has 0 aliphatic rings. The Morgan fingerprint density at radius 2 is 1.56 bits per heavy atom. The normalized spacial score (nSPS) is 13.2. The fourth-order valence-corrected chi connectivity index (χ4v) is 7.83. The van der Waals surface area contributed by atoms with E-state index in [0.717, 1.165) is 12.1 Å². The number of hydrogen-bond donors (Lipinski definition) is 1. The van der Waals surface area contributed by atoms with Crippen LogP contribution in [0.25, 0.3) is 22.0 Å². The molecule has 16 heteroatoms. The molecule has 9 nitrogen and oxygen atoms in total. The first-order valence-corrected chi connectivity index (χ1v) is 21.5.